The van der Waals surface area contributed by atoms with E-state index in [1.807, 2.05) is 0 Å². The van der Waals surface area contributed by atoms with Crippen molar-refractivity contribution < 1.29 is 41.7 Å². The molecule has 1 fully saturated rings. The van der Waals surface area contributed by atoms with Gasteiger partial charge in [0.05, 0.1) is 6.54 Å². The lowest BCUT2D eigenvalue weighted by Gasteiger charge is -2.37. The zero-order valence-electron chi connectivity index (χ0n) is 13.7. The van der Waals surface area contributed by atoms with E-state index in [0.717, 1.165) is 17.0 Å². The van der Waals surface area contributed by atoms with Gasteiger partial charge in [-0.2, -0.15) is 13.2 Å². The number of likely N-dealkylation sites (tertiary alicyclic amines) is 1. The zero-order chi connectivity index (χ0) is 19.5. The zero-order valence-corrected chi connectivity index (χ0v) is 13.7. The van der Waals surface area contributed by atoms with Gasteiger partial charge >= 0.3 is 18.2 Å². The van der Waals surface area contributed by atoms with Gasteiger partial charge in [-0.05, 0) is 0 Å². The highest BCUT2D eigenvalue weighted by Crippen LogP contribution is 2.43. The summed E-state index contributed by atoms with van der Waals surface area (Å²) in [5.41, 5.74) is -3.91. The number of hydrogen-bond donors (Lipinski definition) is 1. The number of alkyl halides is 4. The molecular weight excluding hydrogens is 362 g/mol. The fraction of sp³-hybridized carbons (Fsp3) is 0.500. The fourth-order valence-corrected chi connectivity index (χ4v) is 2.80. The Morgan fingerprint density at radius 3 is 2.31 bits per heavy atom. The van der Waals surface area contributed by atoms with Gasteiger partial charge in [0.25, 0.3) is 5.60 Å². The average Bonchev–Trinajstić information content (AvgIpc) is 2.57. The maximum atomic E-state index is 14.1. The molecule has 0 unspecified atom stereocenters. The average molecular weight is 379 g/mol. The first-order chi connectivity index (χ1) is 12.1. The molecule has 0 bridgehead atoms. The van der Waals surface area contributed by atoms with E-state index in [9.17, 15) is 27.2 Å². The van der Waals surface area contributed by atoms with Gasteiger partial charge in [0.1, 0.15) is 6.10 Å². The summed E-state index contributed by atoms with van der Waals surface area (Å²) in [7, 11) is 0.710. The lowest BCUT2D eigenvalue weighted by molar-refractivity contribution is -0.279. The number of methoxy groups -OCH3 is 1. The van der Waals surface area contributed by atoms with E-state index in [1.54, 1.807) is 0 Å². The summed E-state index contributed by atoms with van der Waals surface area (Å²) >= 11 is 0. The summed E-state index contributed by atoms with van der Waals surface area (Å²) in [6, 6.07) is 6.16. The molecule has 0 spiro atoms. The number of carbonyl (C=O) groups excluding carboxylic acids is 1. The lowest BCUT2D eigenvalue weighted by Crippen LogP contribution is -2.55. The second-order valence-corrected chi connectivity index (χ2v) is 5.73. The molecule has 1 aliphatic rings. The number of amides is 1. The van der Waals surface area contributed by atoms with E-state index in [-0.39, 0.29) is 13.0 Å². The van der Waals surface area contributed by atoms with Crippen LogP contribution in [0.3, 0.4) is 0 Å². The van der Waals surface area contributed by atoms with Crippen molar-refractivity contribution in [1.29, 1.82) is 0 Å². The third kappa shape index (κ3) is 3.59. The molecule has 1 saturated heterocycles. The highest BCUT2D eigenvalue weighted by Gasteiger charge is 2.64. The molecule has 0 aromatic heterocycles. The third-order valence-electron chi connectivity index (χ3n) is 4.18. The summed E-state index contributed by atoms with van der Waals surface area (Å²) in [6.45, 7) is -0.754. The number of nitrogens with zero attached hydrogens (tertiary/aromatic N) is 1. The van der Waals surface area contributed by atoms with Crippen LogP contribution in [0.5, 0.6) is 0 Å². The number of benzene rings is 1. The number of carbonyl (C=O) groups is 2. The van der Waals surface area contributed by atoms with Crippen LogP contribution in [-0.4, -0.2) is 60.7 Å². The minimum atomic E-state index is -5.16. The molecule has 1 amide bonds. The maximum absolute atomic E-state index is 14.1. The highest BCUT2D eigenvalue weighted by molar-refractivity contribution is 5.83. The number of piperidine rings is 1. The van der Waals surface area contributed by atoms with Crippen molar-refractivity contribution in [2.24, 2.45) is 0 Å². The van der Waals surface area contributed by atoms with Crippen molar-refractivity contribution >= 4 is 12.1 Å². The summed E-state index contributed by atoms with van der Waals surface area (Å²) < 4.78 is 64.6. The van der Waals surface area contributed by atoms with Crippen molar-refractivity contribution in [3.05, 3.63) is 35.9 Å². The number of carboxylic acid groups (broad SMARTS) is 1. The van der Waals surface area contributed by atoms with Crippen LogP contribution in [0.25, 0.3) is 0 Å². The Morgan fingerprint density at radius 2 is 1.85 bits per heavy atom. The summed E-state index contributed by atoms with van der Waals surface area (Å²) in [4.78, 5) is 24.0. The molecule has 3 atom stereocenters. The summed E-state index contributed by atoms with van der Waals surface area (Å²) in [5, 5.41) is 8.83. The standard InChI is InChI=1S/C16H17F4NO5/c1-25-15(16(18,19)20,10-5-3-2-4-6-10)13(22)26-12-7-8-21(14(23)24)9-11(12)17/h2-6,11-12H,7-9H2,1H3,(H,23,24)/t11-,12-,15-/m0/s1. The lowest BCUT2D eigenvalue weighted by atomic mass is 9.92. The first-order valence-corrected chi connectivity index (χ1v) is 7.64. The van der Waals surface area contributed by atoms with Crippen LogP contribution in [0.15, 0.2) is 30.3 Å². The molecule has 26 heavy (non-hydrogen) atoms. The Bertz CT molecular complexity index is 654. The van der Waals surface area contributed by atoms with E-state index < -0.39 is 48.2 Å². The van der Waals surface area contributed by atoms with Crippen LogP contribution in [0.4, 0.5) is 22.4 Å². The van der Waals surface area contributed by atoms with Crippen LogP contribution in [0.2, 0.25) is 0 Å². The van der Waals surface area contributed by atoms with Crippen LogP contribution in [0.1, 0.15) is 12.0 Å². The topological polar surface area (TPSA) is 76.1 Å². The van der Waals surface area contributed by atoms with Gasteiger partial charge in [-0.1, -0.05) is 30.3 Å². The van der Waals surface area contributed by atoms with E-state index in [4.69, 9.17) is 9.84 Å². The minimum Gasteiger partial charge on any atom is -0.465 e. The molecule has 0 aliphatic carbocycles. The molecule has 1 N–H and O–H groups in total. The number of halogens is 4. The van der Waals surface area contributed by atoms with Crippen molar-refractivity contribution in [2.75, 3.05) is 20.2 Å². The Hall–Kier alpha value is -2.36. The van der Waals surface area contributed by atoms with Gasteiger partial charge in [-0.3, -0.25) is 0 Å². The van der Waals surface area contributed by atoms with Crippen molar-refractivity contribution in [2.45, 2.75) is 30.5 Å². The quantitative estimate of drug-likeness (QED) is 0.643. The second kappa shape index (κ2) is 7.48. The van der Waals surface area contributed by atoms with Crippen LogP contribution in [0, 0.1) is 0 Å². The smallest absolute Gasteiger partial charge is 0.432 e. The van der Waals surface area contributed by atoms with Gasteiger partial charge in [0, 0.05) is 25.6 Å². The molecule has 1 aromatic rings. The van der Waals surface area contributed by atoms with Crippen molar-refractivity contribution in [3.63, 3.8) is 0 Å². The molecule has 10 heteroatoms. The Balaban J connectivity index is 2.27. The Labute approximate surface area is 146 Å². The fourth-order valence-electron chi connectivity index (χ4n) is 2.80. The largest absolute Gasteiger partial charge is 0.465 e. The van der Waals surface area contributed by atoms with E-state index in [1.165, 1.54) is 18.2 Å². The van der Waals surface area contributed by atoms with E-state index in [2.05, 4.69) is 4.74 Å². The molecule has 0 radical (unpaired) electrons. The van der Waals surface area contributed by atoms with Gasteiger partial charge in [-0.25, -0.2) is 14.0 Å². The normalized spacial score (nSPS) is 23.2. The monoisotopic (exact) mass is 379 g/mol. The van der Waals surface area contributed by atoms with E-state index >= 15 is 0 Å². The van der Waals surface area contributed by atoms with Crippen molar-refractivity contribution in [3.8, 4) is 0 Å². The number of ether oxygens (including phenoxy) is 2. The maximum Gasteiger partial charge on any atom is 0.432 e. The molecular formula is C16H17F4NO5. The summed E-state index contributed by atoms with van der Waals surface area (Å²) in [5.74, 6) is -1.80. The molecule has 1 aliphatic heterocycles. The minimum absolute atomic E-state index is 0.162. The summed E-state index contributed by atoms with van der Waals surface area (Å²) in [6.07, 6.45) is -10.2. The van der Waals surface area contributed by atoms with Crippen molar-refractivity contribution in [1.82, 2.24) is 4.90 Å². The molecule has 144 valence electrons. The molecule has 6 nitrogen and oxygen atoms in total. The van der Waals surface area contributed by atoms with Crippen LogP contribution < -0.4 is 0 Å². The van der Waals surface area contributed by atoms with Gasteiger partial charge in [-0.15, -0.1) is 0 Å². The SMILES string of the molecule is CO[C@](C(=O)O[C@H]1CCN(C(=O)O)C[C@@H]1F)(c1ccccc1)C(F)(F)F. The first kappa shape index (κ1) is 20.0. The molecule has 0 saturated carbocycles. The number of hydrogen-bond acceptors (Lipinski definition) is 4. The van der Waals surface area contributed by atoms with Gasteiger partial charge < -0.3 is 19.5 Å². The predicted molar refractivity (Wildman–Crippen MR) is 80.2 cm³/mol. The van der Waals surface area contributed by atoms with Gasteiger partial charge in [0.15, 0.2) is 6.17 Å². The first-order valence-electron chi connectivity index (χ1n) is 7.64. The molecule has 1 aromatic carbocycles. The molecule has 1 heterocycles. The van der Waals surface area contributed by atoms with Crippen LogP contribution in [-0.2, 0) is 19.9 Å². The predicted octanol–water partition coefficient (Wildman–Crippen LogP) is 2.72. The second-order valence-electron chi connectivity index (χ2n) is 5.73. The highest BCUT2D eigenvalue weighted by atomic mass is 19.4. The Morgan fingerprint density at radius 1 is 1.23 bits per heavy atom. The van der Waals surface area contributed by atoms with E-state index in [0.29, 0.717) is 7.11 Å². The number of rotatable bonds is 4. The third-order valence-corrected chi connectivity index (χ3v) is 4.18. The Kier molecular flexibility index (Phi) is 5.74. The number of esters is 1. The van der Waals surface area contributed by atoms with Gasteiger partial charge in [0.2, 0.25) is 0 Å². The molecule has 2 rings (SSSR count). The van der Waals surface area contributed by atoms with Crippen LogP contribution >= 0.6 is 0 Å².